The highest BCUT2D eigenvalue weighted by molar-refractivity contribution is 5.82. The first kappa shape index (κ1) is 17.3. The third kappa shape index (κ3) is 5.61. The fraction of sp³-hybridized carbons (Fsp3) is 0.625. The zero-order valence-corrected chi connectivity index (χ0v) is 14.2. The molecule has 0 fully saturated rings. The van der Waals surface area contributed by atoms with Crippen LogP contribution in [-0.2, 0) is 11.3 Å². The number of carbonyl (C=O) groups excluding carboxylic acids is 1. The highest BCUT2D eigenvalue weighted by Gasteiger charge is 2.15. The van der Waals surface area contributed by atoms with E-state index >= 15 is 0 Å². The zero-order valence-electron chi connectivity index (χ0n) is 14.2. The number of nitrogens with zero attached hydrogens (tertiary/aromatic N) is 2. The van der Waals surface area contributed by atoms with Gasteiger partial charge in [-0.1, -0.05) is 13.8 Å². The van der Waals surface area contributed by atoms with E-state index in [4.69, 9.17) is 4.74 Å². The van der Waals surface area contributed by atoms with Gasteiger partial charge in [0.2, 0.25) is 0 Å². The summed E-state index contributed by atoms with van der Waals surface area (Å²) in [6.45, 7) is 14.9. The van der Waals surface area contributed by atoms with E-state index in [-0.39, 0.29) is 0 Å². The third-order valence-corrected chi connectivity index (χ3v) is 2.92. The number of nitrogens with one attached hydrogen (secondary N) is 1. The molecule has 0 aliphatic heterocycles. The summed E-state index contributed by atoms with van der Waals surface area (Å²) in [6.07, 6.45) is 1.11. The Morgan fingerprint density at radius 2 is 2.05 bits per heavy atom. The van der Waals surface area contributed by atoms with Crippen LogP contribution >= 0.6 is 0 Å². The molecule has 0 spiro atoms. The molecule has 0 aliphatic carbocycles. The van der Waals surface area contributed by atoms with Gasteiger partial charge in [-0.15, -0.1) is 0 Å². The van der Waals surface area contributed by atoms with Gasteiger partial charge >= 0.3 is 6.09 Å². The Bertz CT molecular complexity index is 522. The van der Waals surface area contributed by atoms with Gasteiger partial charge < -0.3 is 9.30 Å². The van der Waals surface area contributed by atoms with Crippen LogP contribution in [0.1, 0.15) is 51.6 Å². The van der Waals surface area contributed by atoms with Crippen LogP contribution in [0, 0.1) is 19.8 Å². The van der Waals surface area contributed by atoms with Crippen molar-refractivity contribution in [2.75, 3.05) is 0 Å². The lowest BCUT2D eigenvalue weighted by molar-refractivity contribution is 0.0529. The molecular formula is C16H27N3O2. The van der Waals surface area contributed by atoms with Crippen molar-refractivity contribution in [1.29, 1.82) is 0 Å². The molecule has 0 radical (unpaired) electrons. The third-order valence-electron chi connectivity index (χ3n) is 2.92. The standard InChI is InChI=1S/C16H27N3O2/c1-11(2)10-19-12(3)8-14(13(19)4)9-17-18-15(20)21-16(5,6)7/h8-9,11H,10H2,1-7H3,(H,18,20)/b17-9-. The molecule has 1 aromatic rings. The van der Waals surface area contributed by atoms with Crippen molar-refractivity contribution >= 4 is 12.3 Å². The van der Waals surface area contributed by atoms with Gasteiger partial charge in [-0.2, -0.15) is 5.10 Å². The maximum absolute atomic E-state index is 11.5. The number of hydrogen-bond acceptors (Lipinski definition) is 3. The van der Waals surface area contributed by atoms with Gasteiger partial charge in [0.1, 0.15) is 5.60 Å². The average molecular weight is 293 g/mol. The van der Waals surface area contributed by atoms with Crippen LogP contribution in [0.15, 0.2) is 11.2 Å². The molecule has 0 unspecified atom stereocenters. The molecule has 1 heterocycles. The smallest absolute Gasteiger partial charge is 0.428 e. The van der Waals surface area contributed by atoms with Crippen LogP contribution in [0.4, 0.5) is 4.79 Å². The lowest BCUT2D eigenvalue weighted by Crippen LogP contribution is -2.29. The summed E-state index contributed by atoms with van der Waals surface area (Å²) in [5.41, 5.74) is 5.21. The summed E-state index contributed by atoms with van der Waals surface area (Å²) < 4.78 is 7.38. The van der Waals surface area contributed by atoms with Crippen LogP contribution < -0.4 is 5.43 Å². The van der Waals surface area contributed by atoms with Crippen molar-refractivity contribution in [3.05, 3.63) is 23.0 Å². The molecular weight excluding hydrogens is 266 g/mol. The topological polar surface area (TPSA) is 55.6 Å². The van der Waals surface area contributed by atoms with Gasteiger partial charge in [0.05, 0.1) is 6.21 Å². The molecule has 1 aromatic heterocycles. The predicted molar refractivity (Wildman–Crippen MR) is 85.7 cm³/mol. The zero-order chi connectivity index (χ0) is 16.2. The predicted octanol–water partition coefficient (Wildman–Crippen LogP) is 3.62. The summed E-state index contributed by atoms with van der Waals surface area (Å²) in [5, 5.41) is 3.96. The Morgan fingerprint density at radius 1 is 1.43 bits per heavy atom. The Labute approximate surface area is 127 Å². The van der Waals surface area contributed by atoms with Crippen molar-refractivity contribution in [2.45, 2.75) is 60.6 Å². The summed E-state index contributed by atoms with van der Waals surface area (Å²) in [4.78, 5) is 11.5. The van der Waals surface area contributed by atoms with Gasteiger partial charge in [-0.25, -0.2) is 10.2 Å². The van der Waals surface area contributed by atoms with Crippen molar-refractivity contribution in [3.63, 3.8) is 0 Å². The second-order valence-electron chi connectivity index (χ2n) is 6.70. The van der Waals surface area contributed by atoms with Crippen LogP contribution in [0.5, 0.6) is 0 Å². The summed E-state index contributed by atoms with van der Waals surface area (Å²) in [6, 6.07) is 2.07. The number of carbonyl (C=O) groups is 1. The summed E-state index contributed by atoms with van der Waals surface area (Å²) >= 11 is 0. The fourth-order valence-electron chi connectivity index (χ4n) is 2.06. The molecule has 0 atom stereocenters. The van der Waals surface area contributed by atoms with E-state index in [0.29, 0.717) is 5.92 Å². The summed E-state index contributed by atoms with van der Waals surface area (Å²) in [7, 11) is 0. The number of hydrogen-bond donors (Lipinski definition) is 1. The Hall–Kier alpha value is -1.78. The van der Waals surface area contributed by atoms with E-state index < -0.39 is 11.7 Å². The lowest BCUT2D eigenvalue weighted by atomic mass is 10.2. The van der Waals surface area contributed by atoms with Gasteiger partial charge in [0.25, 0.3) is 0 Å². The maximum Gasteiger partial charge on any atom is 0.428 e. The number of aryl methyl sites for hydroxylation is 1. The first-order valence-electron chi connectivity index (χ1n) is 7.29. The number of amides is 1. The normalized spacial score (nSPS) is 12.2. The molecule has 1 rings (SSSR count). The molecule has 5 heteroatoms. The molecule has 0 bridgehead atoms. The van der Waals surface area contributed by atoms with Crippen molar-refractivity contribution < 1.29 is 9.53 Å². The fourth-order valence-corrected chi connectivity index (χ4v) is 2.06. The minimum Gasteiger partial charge on any atom is -0.443 e. The van der Waals surface area contributed by atoms with Crippen LogP contribution in [0.3, 0.4) is 0 Å². The Morgan fingerprint density at radius 3 is 2.57 bits per heavy atom. The van der Waals surface area contributed by atoms with E-state index in [1.165, 1.54) is 5.69 Å². The van der Waals surface area contributed by atoms with E-state index in [9.17, 15) is 4.79 Å². The minimum atomic E-state index is -0.547. The first-order chi connectivity index (χ1) is 9.60. The number of ether oxygens (including phenoxy) is 1. The largest absolute Gasteiger partial charge is 0.443 e. The number of hydrazone groups is 1. The van der Waals surface area contributed by atoms with E-state index in [1.54, 1.807) is 6.21 Å². The van der Waals surface area contributed by atoms with Gasteiger partial charge in [-0.3, -0.25) is 0 Å². The Balaban J connectivity index is 2.71. The highest BCUT2D eigenvalue weighted by atomic mass is 16.6. The highest BCUT2D eigenvalue weighted by Crippen LogP contribution is 2.15. The van der Waals surface area contributed by atoms with Crippen molar-refractivity contribution in [1.82, 2.24) is 9.99 Å². The second kappa shape index (κ2) is 6.78. The molecule has 0 aliphatic rings. The van der Waals surface area contributed by atoms with Crippen LogP contribution in [-0.4, -0.2) is 22.5 Å². The molecule has 1 amide bonds. The van der Waals surface area contributed by atoms with Gasteiger partial charge in [-0.05, 0) is 46.6 Å². The van der Waals surface area contributed by atoms with Crippen LogP contribution in [0.2, 0.25) is 0 Å². The minimum absolute atomic E-state index is 0.521. The quantitative estimate of drug-likeness (QED) is 0.681. The average Bonchev–Trinajstić information content (AvgIpc) is 2.54. The van der Waals surface area contributed by atoms with E-state index in [0.717, 1.165) is 17.8 Å². The second-order valence-corrected chi connectivity index (χ2v) is 6.70. The molecule has 21 heavy (non-hydrogen) atoms. The number of aromatic nitrogens is 1. The molecule has 0 saturated heterocycles. The van der Waals surface area contributed by atoms with E-state index in [2.05, 4.69) is 48.9 Å². The summed E-state index contributed by atoms with van der Waals surface area (Å²) in [5.74, 6) is 0.583. The van der Waals surface area contributed by atoms with Gasteiger partial charge in [0.15, 0.2) is 0 Å². The lowest BCUT2D eigenvalue weighted by Gasteiger charge is -2.18. The first-order valence-corrected chi connectivity index (χ1v) is 7.29. The molecule has 118 valence electrons. The van der Waals surface area contributed by atoms with E-state index in [1.807, 2.05) is 20.8 Å². The number of rotatable bonds is 4. The molecule has 1 N–H and O–H groups in total. The molecule has 0 aromatic carbocycles. The van der Waals surface area contributed by atoms with Crippen molar-refractivity contribution in [2.24, 2.45) is 11.0 Å². The van der Waals surface area contributed by atoms with Crippen LogP contribution in [0.25, 0.3) is 0 Å². The Kier molecular flexibility index (Phi) is 5.58. The monoisotopic (exact) mass is 293 g/mol. The molecule has 0 saturated carbocycles. The SMILES string of the molecule is Cc1cc(/C=N\NC(=O)OC(C)(C)C)c(C)n1CC(C)C. The maximum atomic E-state index is 11.5. The van der Waals surface area contributed by atoms with Gasteiger partial charge in [0, 0.05) is 23.5 Å². The van der Waals surface area contributed by atoms with Crippen molar-refractivity contribution in [3.8, 4) is 0 Å². The molecule has 5 nitrogen and oxygen atoms in total.